The molecule has 1 saturated heterocycles. The van der Waals surface area contributed by atoms with E-state index in [-0.39, 0.29) is 23.4 Å². The van der Waals surface area contributed by atoms with Crippen LogP contribution in [0.4, 0.5) is 11.4 Å². The molecule has 7 heteroatoms. The molecule has 3 aromatic rings. The lowest BCUT2D eigenvalue weighted by atomic mass is 9.86. The minimum absolute atomic E-state index is 0.0653. The Bertz CT molecular complexity index is 1310. The number of pyridine rings is 1. The number of hydrogen-bond acceptors (Lipinski definition) is 4. The first kappa shape index (κ1) is 22.7. The zero-order valence-electron chi connectivity index (χ0n) is 19.6. The van der Waals surface area contributed by atoms with Crippen molar-refractivity contribution in [1.82, 2.24) is 10.3 Å². The molecule has 2 aromatic carbocycles. The van der Waals surface area contributed by atoms with E-state index in [1.807, 2.05) is 23.1 Å². The Morgan fingerprint density at radius 3 is 2.62 bits per heavy atom. The van der Waals surface area contributed by atoms with E-state index in [4.69, 9.17) is 23.8 Å². The number of benzene rings is 2. The minimum Gasteiger partial charge on any atom is -0.506 e. The van der Waals surface area contributed by atoms with Crippen LogP contribution in [-0.2, 0) is 0 Å². The molecule has 0 saturated carbocycles. The van der Waals surface area contributed by atoms with Crippen molar-refractivity contribution in [2.75, 3.05) is 16.8 Å². The van der Waals surface area contributed by atoms with Gasteiger partial charge >= 0.3 is 0 Å². The molecular weight excluding hydrogens is 464 g/mol. The van der Waals surface area contributed by atoms with Crippen LogP contribution in [-0.4, -0.2) is 27.8 Å². The predicted octanol–water partition coefficient (Wildman–Crippen LogP) is 6.25. The van der Waals surface area contributed by atoms with E-state index in [1.165, 1.54) is 16.8 Å². The molecule has 2 atom stereocenters. The van der Waals surface area contributed by atoms with Gasteiger partial charge in [0.05, 0.1) is 29.0 Å². The van der Waals surface area contributed by atoms with Crippen molar-refractivity contribution in [3.8, 4) is 5.75 Å². The van der Waals surface area contributed by atoms with Gasteiger partial charge in [-0.05, 0) is 86.6 Å². The maximum Gasteiger partial charge on any atom is 0.174 e. The number of allylic oxidation sites excluding steroid dienone is 1. The van der Waals surface area contributed by atoms with Gasteiger partial charge in [-0.1, -0.05) is 29.8 Å². The Hall–Kier alpha value is -3.09. The van der Waals surface area contributed by atoms with Crippen molar-refractivity contribution in [1.29, 1.82) is 0 Å². The van der Waals surface area contributed by atoms with Gasteiger partial charge in [0.25, 0.3) is 0 Å². The third-order valence-corrected chi connectivity index (χ3v) is 7.43. The standard InChI is InChI=1S/C27H27ClN4OS/c1-16-15-27(2,3)31(4)21-10-8-17(13-19(16)21)25-24(20-7-5-6-12-29-20)30-26(34)32(25)22-14-18(28)9-11-23(22)33/h5-15,24-25,33H,1-4H3,(H,30,34). The van der Waals surface area contributed by atoms with Crippen LogP contribution in [0.1, 0.15) is 49.7 Å². The third-order valence-electron chi connectivity index (χ3n) is 6.88. The Kier molecular flexibility index (Phi) is 5.53. The second kappa shape index (κ2) is 8.29. The normalized spacial score (nSPS) is 21.2. The summed E-state index contributed by atoms with van der Waals surface area (Å²) in [6, 6.07) is 17.0. The van der Waals surface area contributed by atoms with Gasteiger partial charge < -0.3 is 20.2 Å². The molecule has 0 spiro atoms. The molecule has 3 heterocycles. The lowest BCUT2D eigenvalue weighted by molar-refractivity contribution is 0.473. The van der Waals surface area contributed by atoms with E-state index < -0.39 is 0 Å². The third kappa shape index (κ3) is 3.71. The van der Waals surface area contributed by atoms with Crippen LogP contribution >= 0.6 is 23.8 Å². The second-order valence-electron chi connectivity index (χ2n) is 9.45. The largest absolute Gasteiger partial charge is 0.506 e. The van der Waals surface area contributed by atoms with Crippen molar-refractivity contribution in [3.05, 3.63) is 88.7 Å². The second-order valence-corrected chi connectivity index (χ2v) is 10.3. The minimum atomic E-state index is -0.231. The average molecular weight is 491 g/mol. The zero-order valence-corrected chi connectivity index (χ0v) is 21.2. The number of fused-ring (bicyclic) bond motifs is 1. The lowest BCUT2D eigenvalue weighted by Gasteiger charge is -2.41. The molecule has 0 aliphatic carbocycles. The highest BCUT2D eigenvalue weighted by Crippen LogP contribution is 2.47. The molecule has 2 unspecified atom stereocenters. The first-order valence-electron chi connectivity index (χ1n) is 11.2. The highest BCUT2D eigenvalue weighted by molar-refractivity contribution is 7.80. The molecule has 1 aromatic heterocycles. The van der Waals surface area contributed by atoms with Crippen molar-refractivity contribution < 1.29 is 5.11 Å². The summed E-state index contributed by atoms with van der Waals surface area (Å²) in [4.78, 5) is 8.87. The van der Waals surface area contributed by atoms with Gasteiger partial charge in [-0.2, -0.15) is 0 Å². The summed E-state index contributed by atoms with van der Waals surface area (Å²) in [6.45, 7) is 6.59. The number of halogens is 1. The highest BCUT2D eigenvalue weighted by atomic mass is 35.5. The highest BCUT2D eigenvalue weighted by Gasteiger charge is 2.42. The van der Waals surface area contributed by atoms with Crippen molar-refractivity contribution in [3.63, 3.8) is 0 Å². The summed E-state index contributed by atoms with van der Waals surface area (Å²) in [6.07, 6.45) is 4.08. The molecule has 2 aliphatic rings. The summed E-state index contributed by atoms with van der Waals surface area (Å²) >= 11 is 12.1. The van der Waals surface area contributed by atoms with Crippen LogP contribution < -0.4 is 15.1 Å². The number of likely N-dealkylation sites (N-methyl/N-ethyl adjacent to an activating group) is 1. The van der Waals surface area contributed by atoms with Crippen molar-refractivity contribution in [2.24, 2.45) is 0 Å². The van der Waals surface area contributed by atoms with Gasteiger partial charge in [-0.25, -0.2) is 0 Å². The molecule has 5 rings (SSSR count). The number of phenols is 1. The van der Waals surface area contributed by atoms with Crippen LogP contribution in [0.25, 0.3) is 5.57 Å². The van der Waals surface area contributed by atoms with Gasteiger partial charge in [0.2, 0.25) is 0 Å². The van der Waals surface area contributed by atoms with Gasteiger partial charge in [-0.15, -0.1) is 0 Å². The fraction of sp³-hybridized carbons (Fsp3) is 0.259. The number of phenolic OH excluding ortho intramolecular Hbond substituents is 1. The first-order chi connectivity index (χ1) is 16.2. The molecule has 174 valence electrons. The number of thiocarbonyl (C=S) groups is 1. The smallest absolute Gasteiger partial charge is 0.174 e. The number of nitrogens with one attached hydrogen (secondary N) is 1. The summed E-state index contributed by atoms with van der Waals surface area (Å²) in [5.41, 5.74) is 6.06. The van der Waals surface area contributed by atoms with Crippen molar-refractivity contribution >= 4 is 45.9 Å². The monoisotopic (exact) mass is 490 g/mol. The summed E-state index contributed by atoms with van der Waals surface area (Å²) < 4.78 is 0. The molecule has 0 amide bonds. The molecule has 5 nitrogen and oxygen atoms in total. The van der Waals surface area contributed by atoms with E-state index in [1.54, 1.807) is 24.4 Å². The zero-order chi connectivity index (χ0) is 24.2. The SMILES string of the molecule is CC1=CC(C)(C)N(C)c2ccc(C3C(c4ccccn4)NC(=S)N3c3cc(Cl)ccc3O)cc21. The fourth-order valence-corrected chi connectivity index (χ4v) is 5.51. The molecule has 0 radical (unpaired) electrons. The number of anilines is 2. The van der Waals surface area contributed by atoms with Crippen LogP contribution in [0.3, 0.4) is 0 Å². The summed E-state index contributed by atoms with van der Waals surface area (Å²) in [5.74, 6) is 0.121. The van der Waals surface area contributed by atoms with Crippen LogP contribution in [0.15, 0.2) is 66.9 Å². The van der Waals surface area contributed by atoms with E-state index >= 15 is 0 Å². The maximum absolute atomic E-state index is 10.7. The number of hydrogen-bond donors (Lipinski definition) is 2. The molecule has 1 fully saturated rings. The number of nitrogens with zero attached hydrogens (tertiary/aromatic N) is 3. The summed E-state index contributed by atoms with van der Waals surface area (Å²) in [7, 11) is 2.13. The molecule has 34 heavy (non-hydrogen) atoms. The lowest BCUT2D eigenvalue weighted by Crippen LogP contribution is -2.42. The Morgan fingerprint density at radius 2 is 1.88 bits per heavy atom. The van der Waals surface area contributed by atoms with Crippen LogP contribution in [0.5, 0.6) is 5.75 Å². The topological polar surface area (TPSA) is 51.6 Å². The van der Waals surface area contributed by atoms with Crippen LogP contribution in [0.2, 0.25) is 5.02 Å². The van der Waals surface area contributed by atoms with E-state index in [0.29, 0.717) is 15.8 Å². The van der Waals surface area contributed by atoms with Gasteiger partial charge in [0.1, 0.15) is 5.75 Å². The van der Waals surface area contributed by atoms with Gasteiger partial charge in [0.15, 0.2) is 5.11 Å². The van der Waals surface area contributed by atoms with E-state index in [0.717, 1.165) is 11.3 Å². The Morgan fingerprint density at radius 1 is 1.09 bits per heavy atom. The summed E-state index contributed by atoms with van der Waals surface area (Å²) in [5, 5.41) is 15.2. The van der Waals surface area contributed by atoms with Crippen molar-refractivity contribution in [2.45, 2.75) is 38.4 Å². The Balaban J connectivity index is 1.69. The predicted molar refractivity (Wildman–Crippen MR) is 144 cm³/mol. The quantitative estimate of drug-likeness (QED) is 0.423. The molecule has 2 aliphatic heterocycles. The fourth-order valence-electron chi connectivity index (χ4n) is 5.00. The first-order valence-corrected chi connectivity index (χ1v) is 12.0. The number of aromatic nitrogens is 1. The maximum atomic E-state index is 10.7. The van der Waals surface area contributed by atoms with Gasteiger partial charge in [-0.3, -0.25) is 4.98 Å². The average Bonchev–Trinajstić information content (AvgIpc) is 3.16. The van der Waals surface area contributed by atoms with Crippen LogP contribution in [0, 0.1) is 0 Å². The molecular formula is C27H27ClN4OS. The van der Waals surface area contributed by atoms with E-state index in [2.05, 4.69) is 67.3 Å². The number of aromatic hydroxyl groups is 1. The van der Waals surface area contributed by atoms with E-state index in [9.17, 15) is 5.11 Å². The van der Waals surface area contributed by atoms with Gasteiger partial charge in [0, 0.05) is 29.5 Å². The molecule has 0 bridgehead atoms. The Labute approximate surface area is 210 Å². The molecule has 2 N–H and O–H groups in total. The number of rotatable bonds is 3.